The first-order valence-corrected chi connectivity index (χ1v) is 32.0. The zero-order valence-electron chi connectivity index (χ0n) is 48.9. The number of benzene rings is 2. The molecule has 0 spiro atoms. The molecule has 0 saturated carbocycles. The van der Waals surface area contributed by atoms with Gasteiger partial charge in [0.05, 0.1) is 17.1 Å². The average Bonchev–Trinajstić information content (AvgIpc) is 3.37. The van der Waals surface area contributed by atoms with E-state index >= 15 is 0 Å². The van der Waals surface area contributed by atoms with E-state index in [-0.39, 0.29) is 16.5 Å². The Kier molecular flexibility index (Phi) is 48.0. The summed E-state index contributed by atoms with van der Waals surface area (Å²) < 4.78 is 0. The van der Waals surface area contributed by atoms with E-state index in [1.165, 1.54) is 266 Å². The minimum atomic E-state index is 0. The number of unbranched alkanes of at least 4 members (excludes halogenated alkanes) is 36. The molecule has 0 radical (unpaired) electrons. The van der Waals surface area contributed by atoms with Crippen molar-refractivity contribution in [1.82, 2.24) is 0 Å². The molecular formula is C69H118N2Ni. The maximum absolute atomic E-state index is 5.50. The van der Waals surface area contributed by atoms with Crippen molar-refractivity contribution in [2.24, 2.45) is 9.98 Å². The summed E-state index contributed by atoms with van der Waals surface area (Å²) in [5.41, 5.74) is 9.97. The second-order valence-electron chi connectivity index (χ2n) is 22.1. The van der Waals surface area contributed by atoms with Crippen molar-refractivity contribution in [3.05, 3.63) is 58.7 Å². The van der Waals surface area contributed by atoms with Crippen LogP contribution >= 0.6 is 0 Å². The normalized spacial score (nSPS) is 11.8. The number of rotatable bonds is 49. The Morgan fingerprint density at radius 3 is 0.944 bits per heavy atom. The molecular weight excluding hydrogens is 915 g/mol. The molecule has 0 N–H and O–H groups in total. The fraction of sp³-hybridized carbons (Fsp3) is 0.768. The van der Waals surface area contributed by atoms with Crippen molar-refractivity contribution >= 4 is 22.8 Å². The van der Waals surface area contributed by atoms with Crippen LogP contribution in [-0.2, 0) is 42.2 Å². The third kappa shape index (κ3) is 36.7. The minimum Gasteiger partial charge on any atom is -0.251 e. The average molecular weight is 1030 g/mol. The molecule has 0 unspecified atom stereocenters. The summed E-state index contributed by atoms with van der Waals surface area (Å²) in [5, 5.41) is 0. The SMILES string of the molecule is CCCCCCCCCCCCC#CC(=Nc1ccc(CCC)c(CCC)c1)C(CCCCCCCCCCCCCCCCCCCCCCCCCCCCC)=Nc1ccc(CCC)c(CCC)c1.[Ni]. The van der Waals surface area contributed by atoms with E-state index in [4.69, 9.17) is 9.98 Å². The summed E-state index contributed by atoms with van der Waals surface area (Å²) >= 11 is 0. The largest absolute Gasteiger partial charge is 0.251 e. The summed E-state index contributed by atoms with van der Waals surface area (Å²) in [6.45, 7) is 13.8. The van der Waals surface area contributed by atoms with Crippen LogP contribution in [0.5, 0.6) is 0 Å². The molecule has 0 fully saturated rings. The van der Waals surface area contributed by atoms with Gasteiger partial charge in [-0.05, 0) is 97.4 Å². The fourth-order valence-electron chi connectivity index (χ4n) is 10.7. The molecule has 0 aliphatic carbocycles. The van der Waals surface area contributed by atoms with Gasteiger partial charge in [0.15, 0.2) is 0 Å². The quantitative estimate of drug-likeness (QED) is 0.0273. The van der Waals surface area contributed by atoms with Gasteiger partial charge in [0.25, 0.3) is 0 Å². The molecule has 0 aliphatic heterocycles. The van der Waals surface area contributed by atoms with Gasteiger partial charge < -0.3 is 0 Å². The van der Waals surface area contributed by atoms with E-state index in [2.05, 4.69) is 89.8 Å². The molecule has 0 aromatic heterocycles. The van der Waals surface area contributed by atoms with Crippen LogP contribution in [0.3, 0.4) is 0 Å². The van der Waals surface area contributed by atoms with Gasteiger partial charge in [-0.15, -0.1) is 0 Å². The van der Waals surface area contributed by atoms with Gasteiger partial charge in [0.2, 0.25) is 0 Å². The van der Waals surface area contributed by atoms with Crippen LogP contribution in [0.15, 0.2) is 46.4 Å². The van der Waals surface area contributed by atoms with Crippen LogP contribution < -0.4 is 0 Å². The Morgan fingerprint density at radius 1 is 0.319 bits per heavy atom. The number of nitrogens with zero attached hydrogens (tertiary/aromatic N) is 2. The van der Waals surface area contributed by atoms with Crippen molar-refractivity contribution in [2.75, 3.05) is 0 Å². The molecule has 0 bridgehead atoms. The molecule has 2 nitrogen and oxygen atoms in total. The summed E-state index contributed by atoms with van der Waals surface area (Å²) in [7, 11) is 0. The number of hydrogen-bond acceptors (Lipinski definition) is 2. The zero-order chi connectivity index (χ0) is 50.9. The van der Waals surface area contributed by atoms with Gasteiger partial charge in [-0.2, -0.15) is 0 Å². The van der Waals surface area contributed by atoms with Crippen LogP contribution in [-0.4, -0.2) is 11.4 Å². The molecule has 0 amide bonds. The maximum Gasteiger partial charge on any atom is 0.135 e. The molecule has 0 saturated heterocycles. The van der Waals surface area contributed by atoms with E-state index in [0.29, 0.717) is 0 Å². The van der Waals surface area contributed by atoms with Crippen molar-refractivity contribution in [1.29, 1.82) is 0 Å². The van der Waals surface area contributed by atoms with E-state index in [1.54, 1.807) is 0 Å². The maximum atomic E-state index is 5.50. The minimum absolute atomic E-state index is 0. The smallest absolute Gasteiger partial charge is 0.135 e. The summed E-state index contributed by atoms with van der Waals surface area (Å²) in [4.78, 5) is 10.9. The first kappa shape index (κ1) is 67.8. The van der Waals surface area contributed by atoms with Crippen LogP contribution in [0, 0.1) is 11.8 Å². The van der Waals surface area contributed by atoms with Crippen LogP contribution in [0.2, 0.25) is 0 Å². The van der Waals surface area contributed by atoms with E-state index < -0.39 is 0 Å². The van der Waals surface area contributed by atoms with Crippen molar-refractivity contribution < 1.29 is 16.5 Å². The third-order valence-electron chi connectivity index (χ3n) is 15.1. The molecule has 0 atom stereocenters. The third-order valence-corrected chi connectivity index (χ3v) is 15.1. The first-order valence-electron chi connectivity index (χ1n) is 32.0. The Bertz CT molecular complexity index is 1640. The fourth-order valence-corrected chi connectivity index (χ4v) is 10.7. The monoisotopic (exact) mass is 1030 g/mol. The van der Waals surface area contributed by atoms with E-state index in [9.17, 15) is 0 Å². The molecule has 2 aromatic carbocycles. The zero-order valence-corrected chi connectivity index (χ0v) is 49.9. The molecule has 0 aliphatic rings. The molecule has 414 valence electrons. The second-order valence-corrected chi connectivity index (χ2v) is 22.1. The molecule has 2 rings (SSSR count). The summed E-state index contributed by atoms with van der Waals surface area (Å²) in [5.74, 6) is 7.31. The predicted molar refractivity (Wildman–Crippen MR) is 322 cm³/mol. The molecule has 72 heavy (non-hydrogen) atoms. The topological polar surface area (TPSA) is 24.7 Å². The molecule has 0 heterocycles. The van der Waals surface area contributed by atoms with Gasteiger partial charge >= 0.3 is 0 Å². The Balaban J connectivity index is 0.0000259. The van der Waals surface area contributed by atoms with Gasteiger partial charge in [-0.3, -0.25) is 4.99 Å². The standard InChI is InChI=1S/C69H118N2.Ni/c1-7-13-15-17-19-21-23-25-26-27-28-29-30-31-32-33-34-35-36-37-38-39-41-43-45-47-49-55-69(71-67-59-57-63(51-10-4)65(61-67)53-12-6)68(54-48-46-44-42-40-24-22-20-18-16-14-8-2)70-66-58-56-62(50-9-3)64(60-66)52-11-5;/h56-61H,7-47,49-53,55H2,1-6H3;. The number of hydrogen-bond donors (Lipinski definition) is 0. The molecule has 3 heteroatoms. The Labute approximate surface area is 460 Å². The van der Waals surface area contributed by atoms with Crippen molar-refractivity contribution in [2.45, 2.75) is 343 Å². The molecule has 2 aromatic rings. The van der Waals surface area contributed by atoms with Gasteiger partial charge in [-0.25, -0.2) is 4.99 Å². The van der Waals surface area contributed by atoms with Crippen LogP contribution in [0.1, 0.15) is 340 Å². The van der Waals surface area contributed by atoms with Crippen molar-refractivity contribution in [3.8, 4) is 11.8 Å². The van der Waals surface area contributed by atoms with E-state index in [1.807, 2.05) is 0 Å². The number of aryl methyl sites for hydroxylation is 4. The van der Waals surface area contributed by atoms with Crippen LogP contribution in [0.4, 0.5) is 11.4 Å². The summed E-state index contributed by atoms with van der Waals surface area (Å²) in [6, 6.07) is 13.9. The van der Waals surface area contributed by atoms with Crippen molar-refractivity contribution in [3.63, 3.8) is 0 Å². The first-order chi connectivity index (χ1) is 35.1. The second kappa shape index (κ2) is 51.0. The van der Waals surface area contributed by atoms with Gasteiger partial charge in [0, 0.05) is 22.9 Å². The Morgan fingerprint density at radius 2 is 0.611 bits per heavy atom. The van der Waals surface area contributed by atoms with E-state index in [0.717, 1.165) is 80.6 Å². The summed E-state index contributed by atoms with van der Waals surface area (Å²) in [6.07, 6.45) is 62.9. The van der Waals surface area contributed by atoms with Gasteiger partial charge in [0.1, 0.15) is 5.71 Å². The van der Waals surface area contributed by atoms with Gasteiger partial charge in [-0.1, -0.05) is 310 Å². The van der Waals surface area contributed by atoms with Crippen LogP contribution in [0.25, 0.3) is 0 Å². The number of aliphatic imine (C=N–C) groups is 2. The predicted octanol–water partition coefficient (Wildman–Crippen LogP) is 23.6. The Hall–Kier alpha value is -2.17.